The van der Waals surface area contributed by atoms with Crippen molar-refractivity contribution in [2.75, 3.05) is 19.8 Å². The van der Waals surface area contributed by atoms with Crippen LogP contribution in [0.3, 0.4) is 0 Å². The highest BCUT2D eigenvalue weighted by Crippen LogP contribution is 2.21. The smallest absolute Gasteiger partial charge is 0.313 e. The summed E-state index contributed by atoms with van der Waals surface area (Å²) in [4.78, 5) is 50.4. The summed E-state index contributed by atoms with van der Waals surface area (Å²) < 4.78 is 21.2. The van der Waals surface area contributed by atoms with Crippen molar-refractivity contribution in [2.24, 2.45) is 5.92 Å². The average Bonchev–Trinajstić information content (AvgIpc) is 2.93. The number of rotatable bonds is 19. The van der Waals surface area contributed by atoms with Crippen LogP contribution >= 0.6 is 0 Å². The minimum Gasteiger partial charge on any atom is -0.461 e. The highest BCUT2D eigenvalue weighted by Gasteiger charge is 2.34. The molecule has 0 radical (unpaired) electrons. The highest BCUT2D eigenvalue weighted by atomic mass is 16.6. The summed E-state index contributed by atoms with van der Waals surface area (Å²) >= 11 is 0. The molecule has 0 spiro atoms. The van der Waals surface area contributed by atoms with Crippen LogP contribution in [-0.2, 0) is 38.1 Å². The lowest BCUT2D eigenvalue weighted by molar-refractivity contribution is -0.164. The molecule has 0 aromatic rings. The fraction of sp³-hybridized carbons (Fsp3) is 0.375. The lowest BCUT2D eigenvalue weighted by Gasteiger charge is -2.23. The summed E-state index contributed by atoms with van der Waals surface area (Å²) in [6, 6.07) is 0. The van der Waals surface area contributed by atoms with E-state index in [0.29, 0.717) is 5.57 Å². The summed E-state index contributed by atoms with van der Waals surface area (Å²) in [5.74, 6) is -4.02. The number of carbonyl (C=O) groups is 4. The van der Waals surface area contributed by atoms with Crippen LogP contribution in [0, 0.1) is 5.92 Å². The molecule has 0 saturated carbocycles. The Morgan fingerprint density at radius 1 is 0.600 bits per heavy atom. The molecule has 40 heavy (non-hydrogen) atoms. The quantitative estimate of drug-likeness (QED) is 0.111. The molecule has 0 rings (SSSR count). The monoisotopic (exact) mass is 554 g/mol. The molecule has 0 aliphatic heterocycles. The van der Waals surface area contributed by atoms with Crippen molar-refractivity contribution in [3.8, 4) is 0 Å². The third-order valence-corrected chi connectivity index (χ3v) is 5.53. The fourth-order valence-electron chi connectivity index (χ4n) is 2.76. The van der Waals surface area contributed by atoms with Gasteiger partial charge >= 0.3 is 23.9 Å². The molecule has 0 bridgehead atoms. The van der Waals surface area contributed by atoms with Gasteiger partial charge in [0, 0.05) is 0 Å². The Kier molecular flexibility index (Phi) is 18.5. The van der Waals surface area contributed by atoms with Gasteiger partial charge in [0.15, 0.2) is 0 Å². The van der Waals surface area contributed by atoms with E-state index in [2.05, 4.69) is 26.3 Å². The van der Waals surface area contributed by atoms with Crippen LogP contribution in [0.15, 0.2) is 97.2 Å². The molecule has 0 aliphatic rings. The molecule has 0 aromatic heterocycles. The summed E-state index contributed by atoms with van der Waals surface area (Å²) in [5.41, 5.74) is 3.05. The molecule has 0 saturated heterocycles. The summed E-state index contributed by atoms with van der Waals surface area (Å²) in [7, 11) is 0. The Labute approximate surface area is 238 Å². The van der Waals surface area contributed by atoms with Gasteiger partial charge in [-0.1, -0.05) is 72.9 Å². The molecular formula is C32H42O8. The summed E-state index contributed by atoms with van der Waals surface area (Å²) in [6.45, 7) is 21.6. The van der Waals surface area contributed by atoms with Crippen LogP contribution in [-0.4, -0.2) is 49.8 Å². The van der Waals surface area contributed by atoms with Gasteiger partial charge in [0.05, 0.1) is 19.3 Å². The van der Waals surface area contributed by atoms with E-state index in [0.717, 1.165) is 16.7 Å². The molecule has 218 valence electrons. The Bertz CT molecular complexity index is 1050. The van der Waals surface area contributed by atoms with E-state index in [1.54, 1.807) is 57.2 Å². The summed E-state index contributed by atoms with van der Waals surface area (Å²) in [5, 5.41) is 0. The van der Waals surface area contributed by atoms with E-state index < -0.39 is 42.3 Å². The van der Waals surface area contributed by atoms with Gasteiger partial charge in [0.25, 0.3) is 0 Å². The van der Waals surface area contributed by atoms with Crippen molar-refractivity contribution in [3.63, 3.8) is 0 Å². The predicted octanol–water partition coefficient (Wildman–Crippen LogP) is 5.84. The zero-order chi connectivity index (χ0) is 30.5. The number of ether oxygens (including phenoxy) is 4. The van der Waals surface area contributed by atoms with Crippen molar-refractivity contribution >= 4 is 23.9 Å². The van der Waals surface area contributed by atoms with Crippen LogP contribution < -0.4 is 0 Å². The second-order valence-electron chi connectivity index (χ2n) is 8.83. The first-order chi connectivity index (χ1) is 19.0. The SMILES string of the molecule is C=CC(C)=CCOC(=O)CCC(=O)OC(C=C(C)C=C)C(CC(=O)OCC=C(C)C=C)C(=O)OCC=C(C)C=C. The maximum absolute atomic E-state index is 13.1. The molecule has 0 N–H and O–H groups in total. The third-order valence-electron chi connectivity index (χ3n) is 5.53. The normalized spacial score (nSPS) is 13.8. The molecule has 0 heterocycles. The van der Waals surface area contributed by atoms with Crippen LogP contribution in [0.5, 0.6) is 0 Å². The van der Waals surface area contributed by atoms with E-state index in [4.69, 9.17) is 18.9 Å². The second-order valence-corrected chi connectivity index (χ2v) is 8.83. The molecule has 0 aliphatic carbocycles. The molecule has 2 atom stereocenters. The first-order valence-electron chi connectivity index (χ1n) is 12.8. The zero-order valence-electron chi connectivity index (χ0n) is 24.1. The molecule has 0 amide bonds. The number of hydrogen-bond donors (Lipinski definition) is 0. The fourth-order valence-corrected chi connectivity index (χ4v) is 2.76. The Balaban J connectivity index is 5.73. The van der Waals surface area contributed by atoms with E-state index in [9.17, 15) is 19.2 Å². The van der Waals surface area contributed by atoms with Gasteiger partial charge in [-0.05, 0) is 52.0 Å². The average molecular weight is 555 g/mol. The van der Waals surface area contributed by atoms with Gasteiger partial charge in [-0.2, -0.15) is 0 Å². The van der Waals surface area contributed by atoms with E-state index in [1.807, 2.05) is 6.92 Å². The van der Waals surface area contributed by atoms with E-state index in [-0.39, 0.29) is 32.7 Å². The van der Waals surface area contributed by atoms with Gasteiger partial charge in [0.1, 0.15) is 31.8 Å². The maximum atomic E-state index is 13.1. The van der Waals surface area contributed by atoms with Crippen molar-refractivity contribution in [2.45, 2.75) is 53.1 Å². The molecule has 0 fully saturated rings. The summed E-state index contributed by atoms with van der Waals surface area (Å²) in [6.07, 6.45) is 10.7. The van der Waals surface area contributed by atoms with Crippen molar-refractivity contribution in [1.82, 2.24) is 0 Å². The van der Waals surface area contributed by atoms with Crippen molar-refractivity contribution in [3.05, 3.63) is 97.2 Å². The van der Waals surface area contributed by atoms with Gasteiger partial charge < -0.3 is 18.9 Å². The van der Waals surface area contributed by atoms with Gasteiger partial charge in [-0.3, -0.25) is 19.2 Å². The highest BCUT2D eigenvalue weighted by molar-refractivity contribution is 5.82. The number of carbonyl (C=O) groups excluding carboxylic acids is 4. The first-order valence-corrected chi connectivity index (χ1v) is 12.8. The molecule has 0 aromatic carbocycles. The molecule has 2 unspecified atom stereocenters. The van der Waals surface area contributed by atoms with Crippen molar-refractivity contribution in [1.29, 1.82) is 0 Å². The van der Waals surface area contributed by atoms with Gasteiger partial charge in [0.2, 0.25) is 0 Å². The number of esters is 4. The molecular weight excluding hydrogens is 512 g/mol. The zero-order valence-corrected chi connectivity index (χ0v) is 24.1. The molecule has 8 heteroatoms. The standard InChI is InChI=1S/C32H42O8/c1-9-23(5)15-18-37-29(33)13-14-30(34)40-28(21-26(8)12-4)27(32(36)39-20-17-25(7)11-3)22-31(35)38-19-16-24(6)10-2/h9-12,15-17,21,27-28H,1-4,13-14,18-20,22H2,5-8H3. The van der Waals surface area contributed by atoms with E-state index in [1.165, 1.54) is 12.2 Å². The second kappa shape index (κ2) is 20.7. The predicted molar refractivity (Wildman–Crippen MR) is 156 cm³/mol. The first kappa shape index (κ1) is 35.8. The van der Waals surface area contributed by atoms with Gasteiger partial charge in [-0.25, -0.2) is 0 Å². The minimum absolute atomic E-state index is 0.0185. The Morgan fingerprint density at radius 3 is 1.50 bits per heavy atom. The molecule has 8 nitrogen and oxygen atoms in total. The topological polar surface area (TPSA) is 105 Å². The lowest BCUT2D eigenvalue weighted by Crippen LogP contribution is -2.35. The lowest BCUT2D eigenvalue weighted by atomic mass is 9.96. The maximum Gasteiger partial charge on any atom is 0.313 e. The Morgan fingerprint density at radius 2 is 1.02 bits per heavy atom. The largest absolute Gasteiger partial charge is 0.461 e. The number of hydrogen-bond acceptors (Lipinski definition) is 8. The van der Waals surface area contributed by atoms with Crippen LogP contribution in [0.25, 0.3) is 0 Å². The Hall–Kier alpha value is -4.20. The van der Waals surface area contributed by atoms with Crippen LogP contribution in [0.4, 0.5) is 0 Å². The van der Waals surface area contributed by atoms with Crippen LogP contribution in [0.2, 0.25) is 0 Å². The van der Waals surface area contributed by atoms with E-state index >= 15 is 0 Å². The van der Waals surface area contributed by atoms with Crippen molar-refractivity contribution < 1.29 is 38.1 Å². The van der Waals surface area contributed by atoms with Gasteiger partial charge in [-0.15, -0.1) is 0 Å². The number of allylic oxidation sites excluding steroid dienone is 8. The third kappa shape index (κ3) is 16.6. The van der Waals surface area contributed by atoms with Crippen LogP contribution in [0.1, 0.15) is 47.0 Å². The minimum atomic E-state index is -1.22.